The van der Waals surface area contributed by atoms with Crippen LogP contribution in [0.25, 0.3) is 0 Å². The summed E-state index contributed by atoms with van der Waals surface area (Å²) >= 11 is 0. The molecule has 10 heteroatoms. The minimum Gasteiger partial charge on any atom is -0.494 e. The van der Waals surface area contributed by atoms with Crippen LogP contribution >= 0.6 is 0 Å². The third-order valence-electron chi connectivity index (χ3n) is 7.70. The van der Waals surface area contributed by atoms with Crippen molar-refractivity contribution >= 4 is 11.9 Å². The Bertz CT molecular complexity index is 1090. The smallest absolute Gasteiger partial charge is 0.308 e. The van der Waals surface area contributed by atoms with Crippen molar-refractivity contribution in [2.75, 3.05) is 33.0 Å². The van der Waals surface area contributed by atoms with Crippen LogP contribution in [0.1, 0.15) is 57.4 Å². The lowest BCUT2D eigenvalue weighted by Crippen LogP contribution is -2.45. The number of carbonyl (C=O) groups excluding carboxylic acids is 1. The van der Waals surface area contributed by atoms with E-state index in [2.05, 4.69) is 13.8 Å². The fraction of sp³-hybridized carbons (Fsp3) is 0.571. The molecule has 10 nitrogen and oxygen atoms in total. The highest BCUT2D eigenvalue weighted by Crippen LogP contribution is 2.43. The van der Waals surface area contributed by atoms with E-state index in [1.807, 2.05) is 21.9 Å². The Balaban J connectivity index is 1.61. The number of rotatable bonds is 13. The highest BCUT2D eigenvalue weighted by Gasteiger charge is 2.47. The summed E-state index contributed by atoms with van der Waals surface area (Å²) in [6.45, 7) is 6.42. The Morgan fingerprint density at radius 3 is 2.29 bits per heavy atom. The minimum absolute atomic E-state index is 0.000894. The summed E-state index contributed by atoms with van der Waals surface area (Å²) in [6, 6.07) is 7.82. The number of carbonyl (C=O) groups is 2. The van der Waals surface area contributed by atoms with Gasteiger partial charge in [-0.05, 0) is 37.0 Å². The molecule has 0 aliphatic carbocycles. The van der Waals surface area contributed by atoms with Gasteiger partial charge >= 0.3 is 5.97 Å². The lowest BCUT2D eigenvalue weighted by Gasteiger charge is -2.30. The second kappa shape index (κ2) is 12.4. The maximum absolute atomic E-state index is 13.5. The summed E-state index contributed by atoms with van der Waals surface area (Å²) in [7, 11) is 0. The zero-order valence-corrected chi connectivity index (χ0v) is 22.2. The van der Waals surface area contributed by atoms with Crippen molar-refractivity contribution in [2.24, 2.45) is 5.92 Å². The van der Waals surface area contributed by atoms with Crippen molar-refractivity contribution in [1.82, 2.24) is 14.4 Å². The van der Waals surface area contributed by atoms with Gasteiger partial charge in [0.2, 0.25) is 12.7 Å². The van der Waals surface area contributed by atoms with Crippen LogP contribution in [0.4, 0.5) is 0 Å². The normalized spacial score (nSPS) is 20.6. The fourth-order valence-corrected chi connectivity index (χ4v) is 5.60. The number of likely N-dealkylation sites (tertiary alicyclic amines) is 1. The summed E-state index contributed by atoms with van der Waals surface area (Å²) in [4.78, 5) is 30.0. The zero-order chi connectivity index (χ0) is 27.2. The number of ether oxygens (including phenoxy) is 2. The van der Waals surface area contributed by atoms with Crippen LogP contribution < -0.4 is 9.47 Å². The molecule has 38 heavy (non-hydrogen) atoms. The number of unbranched alkanes of at least 4 members (excludes halogenated alkanes) is 2. The number of amides is 1. The van der Waals surface area contributed by atoms with E-state index in [4.69, 9.17) is 9.47 Å². The molecule has 1 fully saturated rings. The second-order valence-corrected chi connectivity index (χ2v) is 10.2. The zero-order valence-electron chi connectivity index (χ0n) is 22.2. The monoisotopic (exact) mass is 529 g/mol. The lowest BCUT2D eigenvalue weighted by molar-refractivity contribution is -0.144. The first-order chi connectivity index (χ1) is 18.3. The predicted molar refractivity (Wildman–Crippen MR) is 141 cm³/mol. The van der Waals surface area contributed by atoms with Gasteiger partial charge in [-0.15, -0.1) is 0 Å². The Morgan fingerprint density at radius 1 is 1.00 bits per heavy atom. The average molecular weight is 530 g/mol. The van der Waals surface area contributed by atoms with E-state index in [-0.39, 0.29) is 43.5 Å². The van der Waals surface area contributed by atoms with Gasteiger partial charge in [-0.3, -0.25) is 19.1 Å². The third kappa shape index (κ3) is 6.01. The summed E-state index contributed by atoms with van der Waals surface area (Å²) in [5.74, 6) is -1.07. The van der Waals surface area contributed by atoms with Crippen LogP contribution in [0.15, 0.2) is 30.3 Å². The van der Waals surface area contributed by atoms with Crippen molar-refractivity contribution in [1.29, 1.82) is 0 Å². The molecule has 1 amide bonds. The van der Waals surface area contributed by atoms with Crippen LogP contribution in [0.3, 0.4) is 0 Å². The van der Waals surface area contributed by atoms with Gasteiger partial charge in [0.05, 0.1) is 12.5 Å². The first-order valence-electron chi connectivity index (χ1n) is 13.6. The number of aromatic nitrogens is 1. The molecule has 3 heterocycles. The van der Waals surface area contributed by atoms with Gasteiger partial charge in [-0.1, -0.05) is 32.8 Å². The average Bonchev–Trinajstić information content (AvgIpc) is 3.59. The van der Waals surface area contributed by atoms with Crippen molar-refractivity contribution in [3.8, 4) is 23.3 Å². The number of benzene rings is 1. The molecule has 1 saturated heterocycles. The summed E-state index contributed by atoms with van der Waals surface area (Å²) in [6.07, 6.45) is 4.15. The third-order valence-corrected chi connectivity index (χ3v) is 7.70. The van der Waals surface area contributed by atoms with E-state index in [0.717, 1.165) is 31.2 Å². The highest BCUT2D eigenvalue weighted by atomic mass is 16.7. The first-order valence-corrected chi connectivity index (χ1v) is 13.6. The molecule has 2 aliphatic rings. The molecular formula is C28H39N3O7. The molecule has 1 aromatic carbocycles. The first kappa shape index (κ1) is 27.6. The van der Waals surface area contributed by atoms with Crippen LogP contribution in [0.2, 0.25) is 0 Å². The topological polar surface area (TPSA) is 125 Å². The van der Waals surface area contributed by atoms with Gasteiger partial charge in [0.1, 0.15) is 0 Å². The summed E-state index contributed by atoms with van der Waals surface area (Å²) < 4.78 is 12.3. The van der Waals surface area contributed by atoms with E-state index < -0.39 is 17.9 Å². The van der Waals surface area contributed by atoms with E-state index >= 15 is 0 Å². The molecule has 0 radical (unpaired) electrons. The number of aliphatic carboxylic acids is 1. The largest absolute Gasteiger partial charge is 0.494 e. The van der Waals surface area contributed by atoms with Gasteiger partial charge in [0.25, 0.3) is 0 Å². The molecule has 2 aromatic rings. The molecule has 1 aromatic heterocycles. The minimum atomic E-state index is -0.942. The lowest BCUT2D eigenvalue weighted by atomic mass is 9.84. The van der Waals surface area contributed by atoms with E-state index in [0.29, 0.717) is 37.6 Å². The van der Waals surface area contributed by atoms with Gasteiger partial charge in [-0.25, -0.2) is 0 Å². The Kier molecular flexibility index (Phi) is 9.04. The van der Waals surface area contributed by atoms with Gasteiger partial charge < -0.3 is 29.7 Å². The van der Waals surface area contributed by atoms with E-state index in [1.54, 1.807) is 6.07 Å². The number of carboxylic acids is 1. The van der Waals surface area contributed by atoms with E-state index in [9.17, 15) is 24.9 Å². The Morgan fingerprint density at radius 2 is 1.66 bits per heavy atom. The summed E-state index contributed by atoms with van der Waals surface area (Å²) in [5.41, 5.74) is 0.821. The van der Waals surface area contributed by atoms with Crippen molar-refractivity contribution in [3.05, 3.63) is 35.9 Å². The number of nitrogens with zero attached hydrogens (tertiary/aromatic N) is 3. The number of carboxylic acid groups (broad SMARTS) is 1. The van der Waals surface area contributed by atoms with Gasteiger partial charge in [-0.2, -0.15) is 0 Å². The molecule has 3 N–H and O–H groups in total. The molecule has 0 spiro atoms. The second-order valence-electron chi connectivity index (χ2n) is 10.2. The van der Waals surface area contributed by atoms with Crippen LogP contribution in [0.5, 0.6) is 23.3 Å². The van der Waals surface area contributed by atoms with Crippen LogP contribution in [-0.2, 0) is 16.1 Å². The molecule has 4 rings (SSSR count). The molecule has 1 unspecified atom stereocenters. The van der Waals surface area contributed by atoms with Crippen molar-refractivity contribution in [2.45, 2.75) is 64.5 Å². The van der Waals surface area contributed by atoms with Gasteiger partial charge in [0.15, 0.2) is 23.3 Å². The quantitative estimate of drug-likeness (QED) is 0.359. The summed E-state index contributed by atoms with van der Waals surface area (Å²) in [5, 5.41) is 30.7. The number of hydrogen-bond acceptors (Lipinski definition) is 7. The molecule has 3 atom stereocenters. The highest BCUT2D eigenvalue weighted by molar-refractivity contribution is 5.79. The number of fused-ring (bicyclic) bond motifs is 1. The number of hydrogen-bond donors (Lipinski definition) is 3. The standard InChI is InChI=1S/C28H39N3O7/c1-3-5-12-29(13-6-4-2)26(34)17-30-16-20(19-7-8-22-23(15-19)38-18-37-22)27(28(35)36)21(30)11-14-31-24(32)9-10-25(31)33/h7-10,15,20-21,27,32-33H,3-6,11-14,16-18H2,1-2H3,(H,35,36)/t20-,21+,27?/m1/s1. The SMILES string of the molecule is CCCCN(CCCC)C(=O)CN1C[C@H](c2ccc3c(c2)OCO3)C(C(=O)O)[C@@H]1CCn1c(O)ccc1O. The molecule has 2 aliphatic heterocycles. The maximum atomic E-state index is 13.5. The van der Waals surface area contributed by atoms with Crippen molar-refractivity contribution in [3.63, 3.8) is 0 Å². The maximum Gasteiger partial charge on any atom is 0.308 e. The molecular weight excluding hydrogens is 490 g/mol. The molecule has 0 bridgehead atoms. The van der Waals surface area contributed by atoms with E-state index in [1.165, 1.54) is 16.7 Å². The molecule has 208 valence electrons. The predicted octanol–water partition coefficient (Wildman–Crippen LogP) is 3.62. The van der Waals surface area contributed by atoms with Crippen molar-refractivity contribution < 1.29 is 34.4 Å². The van der Waals surface area contributed by atoms with Crippen LogP contribution in [0, 0.1) is 5.92 Å². The van der Waals surface area contributed by atoms with Gasteiger partial charge in [0, 0.05) is 50.3 Å². The molecule has 0 saturated carbocycles. The van der Waals surface area contributed by atoms with Crippen LogP contribution in [-0.4, -0.2) is 80.6 Å². The number of aromatic hydroxyl groups is 2. The Labute approximate surface area is 223 Å². The Hall–Kier alpha value is -3.40. The fourth-order valence-electron chi connectivity index (χ4n) is 5.60.